The molecule has 2 amide bonds. The number of halogens is 1. The second-order valence-electron chi connectivity index (χ2n) is 6.20. The molecule has 24 heavy (non-hydrogen) atoms. The van der Waals surface area contributed by atoms with Gasteiger partial charge in [-0.25, -0.2) is 9.18 Å². The topological polar surface area (TPSA) is 78.9 Å². The summed E-state index contributed by atoms with van der Waals surface area (Å²) >= 11 is 0. The first-order valence-corrected chi connectivity index (χ1v) is 8.11. The number of carbonyl (C=O) groups is 2. The summed E-state index contributed by atoms with van der Waals surface area (Å²) in [5, 5.41) is 11.9. The number of carboxylic acids is 1. The third kappa shape index (κ3) is 4.59. The molecule has 1 aromatic carbocycles. The Labute approximate surface area is 140 Å². The normalized spacial score (nSPS) is 20.5. The van der Waals surface area contributed by atoms with Crippen LogP contribution in [0.4, 0.5) is 14.9 Å². The lowest BCUT2D eigenvalue weighted by Gasteiger charge is -2.34. The molecule has 6 nitrogen and oxygen atoms in total. The monoisotopic (exact) mass is 338 g/mol. The number of nitrogens with zero attached hydrogens (tertiary/aromatic N) is 1. The number of rotatable bonds is 5. The number of anilines is 1. The van der Waals surface area contributed by atoms with E-state index < -0.39 is 23.7 Å². The van der Waals surface area contributed by atoms with Crippen LogP contribution in [0.15, 0.2) is 18.2 Å². The van der Waals surface area contributed by atoms with Crippen molar-refractivity contribution >= 4 is 17.7 Å². The Morgan fingerprint density at radius 1 is 1.42 bits per heavy atom. The molecule has 1 aliphatic rings. The average Bonchev–Trinajstić information content (AvgIpc) is 2.54. The van der Waals surface area contributed by atoms with Gasteiger partial charge in [-0.2, -0.15) is 0 Å². The van der Waals surface area contributed by atoms with Gasteiger partial charge in [0, 0.05) is 19.2 Å². The van der Waals surface area contributed by atoms with Crippen molar-refractivity contribution in [1.29, 1.82) is 0 Å². The Balaban J connectivity index is 2.09. The zero-order chi connectivity index (χ0) is 17.7. The number of urea groups is 1. The number of nitrogens with one attached hydrogen (secondary N) is 1. The minimum Gasteiger partial charge on any atom is -0.491 e. The molecular weight excluding hydrogens is 315 g/mol. The van der Waals surface area contributed by atoms with Crippen molar-refractivity contribution < 1.29 is 23.8 Å². The molecule has 0 aliphatic carbocycles. The molecule has 0 saturated carbocycles. The molecule has 1 heterocycles. The standard InChI is InChI=1S/C17H23FN2O4/c1-3-6-24-15-8-13(18)4-5-14(15)19-17(23)20-9-11(2)7-12(10-20)16(21)22/h4-5,8,11-12H,3,6-7,9-10H2,1-2H3,(H,19,23)(H,21,22). The summed E-state index contributed by atoms with van der Waals surface area (Å²) in [4.78, 5) is 25.2. The van der Waals surface area contributed by atoms with Gasteiger partial charge in [0.15, 0.2) is 0 Å². The summed E-state index contributed by atoms with van der Waals surface area (Å²) in [5.41, 5.74) is 0.375. The largest absolute Gasteiger partial charge is 0.491 e. The van der Waals surface area contributed by atoms with Crippen molar-refractivity contribution in [1.82, 2.24) is 4.90 Å². The number of likely N-dealkylation sites (tertiary alicyclic amines) is 1. The van der Waals surface area contributed by atoms with Gasteiger partial charge >= 0.3 is 12.0 Å². The average molecular weight is 338 g/mol. The van der Waals surface area contributed by atoms with Crippen molar-refractivity contribution in [3.63, 3.8) is 0 Å². The Morgan fingerprint density at radius 3 is 2.83 bits per heavy atom. The smallest absolute Gasteiger partial charge is 0.321 e. The van der Waals surface area contributed by atoms with Crippen molar-refractivity contribution in [3.05, 3.63) is 24.0 Å². The predicted molar refractivity (Wildman–Crippen MR) is 87.7 cm³/mol. The number of benzene rings is 1. The van der Waals surface area contributed by atoms with Gasteiger partial charge in [0.05, 0.1) is 18.2 Å². The number of hydrogen-bond acceptors (Lipinski definition) is 3. The van der Waals surface area contributed by atoms with Gasteiger partial charge in [-0.3, -0.25) is 4.79 Å². The molecular formula is C17H23FN2O4. The minimum atomic E-state index is -0.895. The van der Waals surface area contributed by atoms with Crippen molar-refractivity contribution in [2.75, 3.05) is 25.0 Å². The number of piperidine rings is 1. The molecule has 1 fully saturated rings. The zero-order valence-corrected chi connectivity index (χ0v) is 13.9. The number of amides is 2. The second-order valence-corrected chi connectivity index (χ2v) is 6.20. The zero-order valence-electron chi connectivity index (χ0n) is 13.9. The molecule has 2 N–H and O–H groups in total. The second kappa shape index (κ2) is 7.99. The molecule has 1 saturated heterocycles. The van der Waals surface area contributed by atoms with Gasteiger partial charge in [-0.15, -0.1) is 0 Å². The van der Waals surface area contributed by atoms with E-state index in [1.54, 1.807) is 0 Å². The maximum Gasteiger partial charge on any atom is 0.321 e. The van der Waals surface area contributed by atoms with Crippen LogP contribution in [0.2, 0.25) is 0 Å². The lowest BCUT2D eigenvalue weighted by atomic mass is 9.91. The van der Waals surface area contributed by atoms with E-state index in [9.17, 15) is 19.1 Å². The fourth-order valence-electron chi connectivity index (χ4n) is 2.82. The van der Waals surface area contributed by atoms with Gasteiger partial charge in [-0.1, -0.05) is 13.8 Å². The van der Waals surface area contributed by atoms with Crippen LogP contribution in [0.1, 0.15) is 26.7 Å². The van der Waals surface area contributed by atoms with E-state index in [1.165, 1.54) is 23.1 Å². The van der Waals surface area contributed by atoms with Crippen molar-refractivity contribution in [3.8, 4) is 5.75 Å². The maximum atomic E-state index is 13.4. The maximum absolute atomic E-state index is 13.4. The van der Waals surface area contributed by atoms with E-state index in [0.29, 0.717) is 25.3 Å². The summed E-state index contributed by atoms with van der Waals surface area (Å²) in [5.74, 6) is -1.53. The van der Waals surface area contributed by atoms with E-state index in [1.807, 2.05) is 13.8 Å². The Hall–Kier alpha value is -2.31. The fourth-order valence-corrected chi connectivity index (χ4v) is 2.82. The third-order valence-corrected chi connectivity index (χ3v) is 3.94. The van der Waals surface area contributed by atoms with Crippen LogP contribution in [0.25, 0.3) is 0 Å². The van der Waals surface area contributed by atoms with Gasteiger partial charge in [0.2, 0.25) is 0 Å². The Morgan fingerprint density at radius 2 is 2.17 bits per heavy atom. The Bertz CT molecular complexity index is 608. The summed E-state index contributed by atoms with van der Waals surface area (Å²) in [7, 11) is 0. The lowest BCUT2D eigenvalue weighted by Crippen LogP contribution is -2.47. The van der Waals surface area contributed by atoms with Gasteiger partial charge in [-0.05, 0) is 30.9 Å². The van der Waals surface area contributed by atoms with Crippen LogP contribution in [0, 0.1) is 17.7 Å². The molecule has 2 unspecified atom stereocenters. The summed E-state index contributed by atoms with van der Waals surface area (Å²) < 4.78 is 18.9. The van der Waals surface area contributed by atoms with E-state index >= 15 is 0 Å². The number of hydrogen-bond donors (Lipinski definition) is 2. The number of carbonyl (C=O) groups excluding carboxylic acids is 1. The highest BCUT2D eigenvalue weighted by atomic mass is 19.1. The van der Waals surface area contributed by atoms with Crippen LogP contribution < -0.4 is 10.1 Å². The molecule has 132 valence electrons. The minimum absolute atomic E-state index is 0.106. The number of ether oxygens (including phenoxy) is 1. The quantitative estimate of drug-likeness (QED) is 0.864. The molecule has 1 aliphatic heterocycles. The molecule has 0 aromatic heterocycles. The van der Waals surface area contributed by atoms with Crippen LogP contribution in [-0.4, -0.2) is 41.7 Å². The predicted octanol–water partition coefficient (Wildman–Crippen LogP) is 3.19. The van der Waals surface area contributed by atoms with Crippen LogP contribution in [-0.2, 0) is 4.79 Å². The van der Waals surface area contributed by atoms with E-state index in [-0.39, 0.29) is 18.2 Å². The highest BCUT2D eigenvalue weighted by Gasteiger charge is 2.32. The van der Waals surface area contributed by atoms with Gasteiger partial charge < -0.3 is 20.1 Å². The third-order valence-electron chi connectivity index (χ3n) is 3.94. The van der Waals surface area contributed by atoms with Gasteiger partial charge in [0.25, 0.3) is 0 Å². The highest BCUT2D eigenvalue weighted by molar-refractivity contribution is 5.91. The van der Waals surface area contributed by atoms with Crippen LogP contribution in [0.3, 0.4) is 0 Å². The van der Waals surface area contributed by atoms with Crippen LogP contribution >= 0.6 is 0 Å². The van der Waals surface area contributed by atoms with Crippen LogP contribution in [0.5, 0.6) is 5.75 Å². The fraction of sp³-hybridized carbons (Fsp3) is 0.529. The molecule has 1 aromatic rings. The Kier molecular flexibility index (Phi) is 6.00. The highest BCUT2D eigenvalue weighted by Crippen LogP contribution is 2.27. The molecule has 0 bridgehead atoms. The lowest BCUT2D eigenvalue weighted by molar-refractivity contribution is -0.143. The SMILES string of the molecule is CCCOc1cc(F)ccc1NC(=O)N1CC(C)CC(C(=O)O)C1. The van der Waals surface area contributed by atoms with Crippen molar-refractivity contribution in [2.45, 2.75) is 26.7 Å². The first-order chi connectivity index (χ1) is 11.4. The first-order valence-electron chi connectivity index (χ1n) is 8.11. The molecule has 7 heteroatoms. The summed E-state index contributed by atoms with van der Waals surface area (Å²) in [6.07, 6.45) is 1.31. The summed E-state index contributed by atoms with van der Waals surface area (Å²) in [6.45, 7) is 4.91. The van der Waals surface area contributed by atoms with Crippen molar-refractivity contribution in [2.24, 2.45) is 11.8 Å². The number of aliphatic carboxylic acids is 1. The first kappa shape index (κ1) is 18.0. The molecule has 2 rings (SSSR count). The van der Waals surface area contributed by atoms with E-state index in [0.717, 1.165) is 6.42 Å². The molecule has 2 atom stereocenters. The molecule has 0 spiro atoms. The van der Waals surface area contributed by atoms with E-state index in [4.69, 9.17) is 4.74 Å². The van der Waals surface area contributed by atoms with E-state index in [2.05, 4.69) is 5.32 Å². The summed E-state index contributed by atoms with van der Waals surface area (Å²) in [6, 6.07) is 3.51. The molecule has 0 radical (unpaired) electrons. The van der Waals surface area contributed by atoms with Gasteiger partial charge in [0.1, 0.15) is 11.6 Å². The number of carboxylic acid groups (broad SMARTS) is 1.